The van der Waals surface area contributed by atoms with E-state index in [4.69, 9.17) is 4.74 Å². The van der Waals surface area contributed by atoms with Gasteiger partial charge in [0.05, 0.1) is 7.11 Å². The molecule has 0 saturated carbocycles. The van der Waals surface area contributed by atoms with Crippen LogP contribution in [0.1, 0.15) is 52.4 Å². The van der Waals surface area contributed by atoms with Crippen molar-refractivity contribution in [2.24, 2.45) is 0 Å². The molecule has 0 N–H and O–H groups in total. The number of ketones is 1. The van der Waals surface area contributed by atoms with E-state index in [0.717, 1.165) is 0 Å². The molecular formula is C12H17NO4S. The largest absolute Gasteiger partial charge is 0.464 e. The van der Waals surface area contributed by atoms with Gasteiger partial charge < -0.3 is 9.47 Å². The highest BCUT2D eigenvalue weighted by molar-refractivity contribution is 7.14. The molecule has 0 aromatic carbocycles. The monoisotopic (exact) mass is 271 g/mol. The number of aromatic nitrogens is 1. The smallest absolute Gasteiger partial charge is 0.358 e. The topological polar surface area (TPSA) is 65.5 Å². The van der Waals surface area contributed by atoms with Crippen molar-refractivity contribution in [2.45, 2.75) is 32.8 Å². The Bertz CT molecular complexity index is 463. The lowest BCUT2D eigenvalue weighted by Gasteiger charge is -2.23. The SMILES string of the molecule is CCC(C)(OC)c1nc(C(=O)OC)c(C(C)=O)s1. The number of methoxy groups -OCH3 is 2. The molecule has 100 valence electrons. The van der Waals surface area contributed by atoms with Crippen LogP contribution in [-0.2, 0) is 15.1 Å². The summed E-state index contributed by atoms with van der Waals surface area (Å²) in [6, 6.07) is 0. The van der Waals surface area contributed by atoms with Crippen LogP contribution in [0, 0.1) is 0 Å². The first-order valence-electron chi connectivity index (χ1n) is 5.55. The van der Waals surface area contributed by atoms with Crippen molar-refractivity contribution in [1.29, 1.82) is 0 Å². The molecular weight excluding hydrogens is 254 g/mol. The van der Waals surface area contributed by atoms with E-state index in [1.807, 2.05) is 13.8 Å². The molecule has 5 nitrogen and oxygen atoms in total. The van der Waals surface area contributed by atoms with Gasteiger partial charge in [-0.25, -0.2) is 9.78 Å². The molecule has 0 saturated heterocycles. The van der Waals surface area contributed by atoms with Gasteiger partial charge in [0.2, 0.25) is 0 Å². The first kappa shape index (κ1) is 14.8. The first-order chi connectivity index (χ1) is 8.39. The molecule has 1 unspecified atom stereocenters. The molecule has 0 fully saturated rings. The highest BCUT2D eigenvalue weighted by atomic mass is 32.1. The van der Waals surface area contributed by atoms with Crippen molar-refractivity contribution in [2.75, 3.05) is 14.2 Å². The predicted molar refractivity (Wildman–Crippen MR) is 68.1 cm³/mol. The summed E-state index contributed by atoms with van der Waals surface area (Å²) in [6.45, 7) is 5.23. The lowest BCUT2D eigenvalue weighted by molar-refractivity contribution is -0.00171. The van der Waals surface area contributed by atoms with Crippen molar-refractivity contribution in [3.63, 3.8) is 0 Å². The summed E-state index contributed by atoms with van der Waals surface area (Å²) in [6.07, 6.45) is 0.689. The van der Waals surface area contributed by atoms with Crippen molar-refractivity contribution >= 4 is 23.1 Å². The van der Waals surface area contributed by atoms with Gasteiger partial charge in [0.15, 0.2) is 11.5 Å². The summed E-state index contributed by atoms with van der Waals surface area (Å²) in [5.74, 6) is -0.800. The number of hydrogen-bond donors (Lipinski definition) is 0. The fourth-order valence-electron chi connectivity index (χ4n) is 1.40. The molecule has 1 aromatic rings. The lowest BCUT2D eigenvalue weighted by Crippen LogP contribution is -2.23. The van der Waals surface area contributed by atoms with Gasteiger partial charge in [-0.3, -0.25) is 4.79 Å². The maximum absolute atomic E-state index is 11.6. The van der Waals surface area contributed by atoms with E-state index >= 15 is 0 Å². The molecule has 0 aliphatic heterocycles. The number of esters is 1. The predicted octanol–water partition coefficient (Wildman–Crippen LogP) is 2.40. The summed E-state index contributed by atoms with van der Waals surface area (Å²) in [4.78, 5) is 27.6. The van der Waals surface area contributed by atoms with Gasteiger partial charge in [-0.2, -0.15) is 0 Å². The Kier molecular flexibility index (Phi) is 4.59. The molecule has 0 amide bonds. The van der Waals surface area contributed by atoms with Crippen LogP contribution in [-0.4, -0.2) is 31.0 Å². The van der Waals surface area contributed by atoms with E-state index in [9.17, 15) is 9.59 Å². The molecule has 1 aromatic heterocycles. The Morgan fingerprint density at radius 2 is 2.00 bits per heavy atom. The van der Waals surface area contributed by atoms with Gasteiger partial charge in [0.25, 0.3) is 0 Å². The average Bonchev–Trinajstić information content (AvgIpc) is 2.82. The van der Waals surface area contributed by atoms with E-state index in [-0.39, 0.29) is 11.5 Å². The minimum Gasteiger partial charge on any atom is -0.464 e. The third kappa shape index (κ3) is 2.59. The van der Waals surface area contributed by atoms with Gasteiger partial charge in [0, 0.05) is 14.0 Å². The second kappa shape index (κ2) is 5.58. The van der Waals surface area contributed by atoms with Crippen molar-refractivity contribution in [1.82, 2.24) is 4.98 Å². The molecule has 18 heavy (non-hydrogen) atoms. The highest BCUT2D eigenvalue weighted by Gasteiger charge is 2.32. The Hall–Kier alpha value is -1.27. The number of thiazole rings is 1. The van der Waals surface area contributed by atoms with Crippen molar-refractivity contribution < 1.29 is 19.1 Å². The van der Waals surface area contributed by atoms with Crippen molar-refractivity contribution in [3.8, 4) is 0 Å². The fraction of sp³-hybridized carbons (Fsp3) is 0.583. The van der Waals surface area contributed by atoms with Gasteiger partial charge in [0.1, 0.15) is 15.5 Å². The molecule has 0 aliphatic rings. The van der Waals surface area contributed by atoms with Crippen LogP contribution in [0.2, 0.25) is 0 Å². The van der Waals surface area contributed by atoms with Crippen LogP contribution in [0.4, 0.5) is 0 Å². The van der Waals surface area contributed by atoms with E-state index in [1.54, 1.807) is 7.11 Å². The Balaban J connectivity index is 3.34. The second-order valence-electron chi connectivity index (χ2n) is 4.03. The number of ether oxygens (including phenoxy) is 2. The fourth-order valence-corrected chi connectivity index (χ4v) is 2.55. The van der Waals surface area contributed by atoms with Gasteiger partial charge in [-0.1, -0.05) is 6.92 Å². The zero-order chi connectivity index (χ0) is 13.9. The molecule has 0 bridgehead atoms. The van der Waals surface area contributed by atoms with Crippen molar-refractivity contribution in [3.05, 3.63) is 15.6 Å². The minimum absolute atomic E-state index is 0.0710. The number of nitrogens with zero attached hydrogens (tertiary/aromatic N) is 1. The number of hydrogen-bond acceptors (Lipinski definition) is 6. The molecule has 1 heterocycles. The lowest BCUT2D eigenvalue weighted by atomic mass is 10.1. The summed E-state index contributed by atoms with van der Waals surface area (Å²) in [5.41, 5.74) is -0.525. The van der Waals surface area contributed by atoms with Crippen LogP contribution < -0.4 is 0 Å². The van der Waals surface area contributed by atoms with Gasteiger partial charge in [-0.15, -0.1) is 11.3 Å². The van der Waals surface area contributed by atoms with Gasteiger partial charge in [-0.05, 0) is 13.3 Å². The first-order valence-corrected chi connectivity index (χ1v) is 6.37. The van der Waals surface area contributed by atoms with E-state index in [0.29, 0.717) is 16.3 Å². The highest BCUT2D eigenvalue weighted by Crippen LogP contribution is 2.33. The van der Waals surface area contributed by atoms with Crippen LogP contribution in [0.5, 0.6) is 0 Å². The van der Waals surface area contributed by atoms with E-state index in [1.165, 1.54) is 25.4 Å². The maximum Gasteiger partial charge on any atom is 0.358 e. The van der Waals surface area contributed by atoms with Crippen LogP contribution in [0.15, 0.2) is 0 Å². The van der Waals surface area contributed by atoms with E-state index in [2.05, 4.69) is 9.72 Å². The van der Waals surface area contributed by atoms with E-state index < -0.39 is 11.6 Å². The molecule has 0 spiro atoms. The molecule has 1 rings (SSSR count). The number of Topliss-reactive ketones (excluding diaryl/α,β-unsaturated/α-hetero) is 1. The number of carbonyl (C=O) groups is 2. The van der Waals surface area contributed by atoms with Crippen LogP contribution in [0.25, 0.3) is 0 Å². The summed E-state index contributed by atoms with van der Waals surface area (Å²) in [5, 5.41) is 0.609. The summed E-state index contributed by atoms with van der Waals surface area (Å²) in [7, 11) is 2.84. The Labute approximate surface area is 110 Å². The van der Waals surface area contributed by atoms with Crippen LogP contribution in [0.3, 0.4) is 0 Å². The normalized spacial score (nSPS) is 14.1. The minimum atomic E-state index is -0.600. The summed E-state index contributed by atoms with van der Waals surface area (Å²) < 4.78 is 10.1. The Morgan fingerprint density at radius 3 is 2.39 bits per heavy atom. The standard InChI is InChI=1S/C12H17NO4S/c1-6-12(3,17-5)11-13-8(10(15)16-4)9(18-11)7(2)14/h6H2,1-5H3. The zero-order valence-corrected chi connectivity index (χ0v) is 12.0. The second-order valence-corrected chi connectivity index (χ2v) is 5.03. The summed E-state index contributed by atoms with van der Waals surface area (Å²) >= 11 is 1.18. The molecule has 6 heteroatoms. The number of carbonyl (C=O) groups excluding carboxylic acids is 2. The van der Waals surface area contributed by atoms with Crippen LogP contribution >= 0.6 is 11.3 Å². The third-order valence-corrected chi connectivity index (χ3v) is 4.30. The zero-order valence-electron chi connectivity index (χ0n) is 11.2. The molecule has 0 radical (unpaired) electrons. The quantitative estimate of drug-likeness (QED) is 0.607. The third-order valence-electron chi connectivity index (χ3n) is 2.90. The molecule has 1 atom stereocenters. The Morgan fingerprint density at radius 1 is 1.39 bits per heavy atom. The number of rotatable bonds is 5. The maximum atomic E-state index is 11.6. The van der Waals surface area contributed by atoms with Gasteiger partial charge >= 0.3 is 5.97 Å². The average molecular weight is 271 g/mol. The molecule has 0 aliphatic carbocycles.